The Kier molecular flexibility index (Phi) is 8.40. The number of para-hydroxylation sites is 1. The smallest absolute Gasteiger partial charge is 0.0720 e. The van der Waals surface area contributed by atoms with Crippen molar-refractivity contribution < 1.29 is 0 Å². The maximum atomic E-state index is 2.49. The molecule has 0 radical (unpaired) electrons. The van der Waals surface area contributed by atoms with E-state index >= 15 is 0 Å². The van der Waals surface area contributed by atoms with Gasteiger partial charge in [-0.1, -0.05) is 182 Å². The molecule has 1 nitrogen and oxygen atoms in total. The monoisotopic (exact) mass is 741 g/mol. The fourth-order valence-electron chi connectivity index (χ4n) is 10.2. The van der Waals surface area contributed by atoms with Crippen molar-refractivity contribution in [3.63, 3.8) is 0 Å². The van der Waals surface area contributed by atoms with Gasteiger partial charge in [-0.25, -0.2) is 0 Å². The quantitative estimate of drug-likeness (QED) is 0.157. The highest BCUT2D eigenvalue weighted by molar-refractivity contribution is 6.01. The second-order valence-corrected chi connectivity index (χ2v) is 15.8. The molecule has 0 saturated carbocycles. The standard InChI is InChI=1S/C57H43N/c1-4-17-41(18-5-1)50-27-14-15-30-55(50)58(46-34-31-43(32-35-46)49-29-16-21-40-19-10-12-26-48(40)49)47-36-38-52-53-37-33-42-20-11-13-28-51(42)56(53)57(54(52)39-47,44-22-6-2-7-23-44)45-24-8-3-9-25-45/h1-9,11,13-18,20-25,27-39H,10,12,19,26H2. The van der Waals surface area contributed by atoms with Crippen molar-refractivity contribution in [1.29, 1.82) is 0 Å². The van der Waals surface area contributed by atoms with E-state index in [0.29, 0.717) is 0 Å². The predicted octanol–water partition coefficient (Wildman–Crippen LogP) is 14.9. The number of nitrogens with zero attached hydrogens (tertiary/aromatic N) is 1. The average molecular weight is 742 g/mol. The summed E-state index contributed by atoms with van der Waals surface area (Å²) in [4.78, 5) is 2.48. The minimum absolute atomic E-state index is 0.551. The van der Waals surface area contributed by atoms with E-state index < -0.39 is 5.41 Å². The van der Waals surface area contributed by atoms with E-state index in [-0.39, 0.29) is 0 Å². The fraction of sp³-hybridized carbons (Fsp3) is 0.0877. The first-order chi connectivity index (χ1) is 28.8. The van der Waals surface area contributed by atoms with Crippen LogP contribution in [0.4, 0.5) is 17.1 Å². The second kappa shape index (κ2) is 14.2. The number of hydrogen-bond donors (Lipinski definition) is 0. The molecule has 0 saturated heterocycles. The zero-order valence-corrected chi connectivity index (χ0v) is 32.5. The molecular weight excluding hydrogens is 699 g/mol. The molecule has 0 bridgehead atoms. The van der Waals surface area contributed by atoms with Crippen LogP contribution in [0.2, 0.25) is 0 Å². The van der Waals surface area contributed by atoms with Gasteiger partial charge in [0.05, 0.1) is 11.1 Å². The summed E-state index contributed by atoms with van der Waals surface area (Å²) in [5.74, 6) is 0. The lowest BCUT2D eigenvalue weighted by Gasteiger charge is -2.35. The number of anilines is 3. The van der Waals surface area contributed by atoms with Crippen LogP contribution in [-0.4, -0.2) is 0 Å². The Morgan fingerprint density at radius 1 is 0.397 bits per heavy atom. The molecule has 276 valence electrons. The van der Waals surface area contributed by atoms with Gasteiger partial charge in [0.15, 0.2) is 0 Å². The van der Waals surface area contributed by atoms with Crippen molar-refractivity contribution in [3.8, 4) is 33.4 Å². The number of benzene rings is 9. The summed E-state index contributed by atoms with van der Waals surface area (Å²) in [5, 5.41) is 2.54. The molecule has 0 aromatic heterocycles. The van der Waals surface area contributed by atoms with Gasteiger partial charge in [-0.2, -0.15) is 0 Å². The molecule has 0 spiro atoms. The summed E-state index contributed by atoms with van der Waals surface area (Å²) in [7, 11) is 0. The molecule has 9 aromatic rings. The van der Waals surface area contributed by atoms with Crippen molar-refractivity contribution >= 4 is 27.8 Å². The molecule has 2 aliphatic carbocycles. The highest BCUT2D eigenvalue weighted by Crippen LogP contribution is 2.59. The van der Waals surface area contributed by atoms with E-state index in [9.17, 15) is 0 Å². The number of hydrogen-bond acceptors (Lipinski definition) is 1. The van der Waals surface area contributed by atoms with Crippen LogP contribution in [0, 0.1) is 0 Å². The van der Waals surface area contributed by atoms with Crippen molar-refractivity contribution in [2.45, 2.75) is 31.1 Å². The predicted molar refractivity (Wildman–Crippen MR) is 243 cm³/mol. The molecule has 0 N–H and O–H groups in total. The third-order valence-electron chi connectivity index (χ3n) is 12.7. The fourth-order valence-corrected chi connectivity index (χ4v) is 10.2. The maximum Gasteiger partial charge on any atom is 0.0720 e. The highest BCUT2D eigenvalue weighted by Gasteiger charge is 2.47. The summed E-state index contributed by atoms with van der Waals surface area (Å²) in [5.41, 5.74) is 18.7. The number of rotatable bonds is 7. The zero-order valence-electron chi connectivity index (χ0n) is 32.5. The van der Waals surface area contributed by atoms with Gasteiger partial charge in [-0.3, -0.25) is 0 Å². The lowest BCUT2D eigenvalue weighted by molar-refractivity contribution is 0.687. The van der Waals surface area contributed by atoms with Crippen LogP contribution in [0.25, 0.3) is 44.2 Å². The molecule has 0 unspecified atom stereocenters. The SMILES string of the molecule is c1ccc(-c2ccccc2N(c2ccc(-c3cccc4c3CCCC4)cc2)c2ccc3c(c2)C(c2ccccc2)(c2ccccc2)c2c-3ccc3ccccc23)cc1. The molecule has 0 atom stereocenters. The summed E-state index contributed by atoms with van der Waals surface area (Å²) >= 11 is 0. The van der Waals surface area contributed by atoms with E-state index in [1.54, 1.807) is 0 Å². The Morgan fingerprint density at radius 2 is 1.00 bits per heavy atom. The van der Waals surface area contributed by atoms with Crippen LogP contribution >= 0.6 is 0 Å². The van der Waals surface area contributed by atoms with Gasteiger partial charge >= 0.3 is 0 Å². The highest BCUT2D eigenvalue weighted by atomic mass is 15.1. The first-order valence-electron chi connectivity index (χ1n) is 20.7. The third kappa shape index (κ3) is 5.45. The van der Waals surface area contributed by atoms with E-state index in [2.05, 4.69) is 217 Å². The molecule has 2 aliphatic rings. The first kappa shape index (κ1) is 34.3. The van der Waals surface area contributed by atoms with Crippen molar-refractivity contribution in [1.82, 2.24) is 0 Å². The van der Waals surface area contributed by atoms with Crippen molar-refractivity contribution in [3.05, 3.63) is 246 Å². The van der Waals surface area contributed by atoms with Crippen molar-refractivity contribution in [2.75, 3.05) is 4.90 Å². The Balaban J connectivity index is 1.17. The minimum Gasteiger partial charge on any atom is -0.310 e. The summed E-state index contributed by atoms with van der Waals surface area (Å²) in [6, 6.07) is 79.0. The lowest BCUT2D eigenvalue weighted by Crippen LogP contribution is -2.29. The van der Waals surface area contributed by atoms with Crippen LogP contribution in [0.15, 0.2) is 212 Å². The lowest BCUT2D eigenvalue weighted by atomic mass is 9.66. The molecule has 9 aromatic carbocycles. The van der Waals surface area contributed by atoms with Gasteiger partial charge in [0, 0.05) is 16.9 Å². The average Bonchev–Trinajstić information content (AvgIpc) is 3.61. The minimum atomic E-state index is -0.551. The van der Waals surface area contributed by atoms with E-state index in [1.807, 2.05) is 0 Å². The Labute approximate surface area is 341 Å². The maximum absolute atomic E-state index is 2.49. The molecular formula is C57H43N. The number of fused-ring (bicyclic) bond motifs is 6. The molecule has 0 heterocycles. The third-order valence-corrected chi connectivity index (χ3v) is 12.7. The molecule has 0 fully saturated rings. The molecule has 1 heteroatoms. The normalized spacial score (nSPS) is 13.7. The van der Waals surface area contributed by atoms with Gasteiger partial charge in [0.25, 0.3) is 0 Å². The summed E-state index contributed by atoms with van der Waals surface area (Å²) in [6.45, 7) is 0. The van der Waals surface area contributed by atoms with Crippen LogP contribution in [0.1, 0.15) is 46.2 Å². The van der Waals surface area contributed by atoms with E-state index in [1.165, 1.54) is 96.8 Å². The van der Waals surface area contributed by atoms with Crippen LogP contribution in [0.3, 0.4) is 0 Å². The second-order valence-electron chi connectivity index (χ2n) is 15.8. The number of aryl methyl sites for hydroxylation is 1. The van der Waals surface area contributed by atoms with Crippen LogP contribution in [0.5, 0.6) is 0 Å². The summed E-state index contributed by atoms with van der Waals surface area (Å²) in [6.07, 6.45) is 4.87. The van der Waals surface area contributed by atoms with Gasteiger partial charge in [0.1, 0.15) is 0 Å². The van der Waals surface area contributed by atoms with E-state index in [0.717, 1.165) is 23.5 Å². The van der Waals surface area contributed by atoms with Gasteiger partial charge in [0.2, 0.25) is 0 Å². The molecule has 0 amide bonds. The van der Waals surface area contributed by atoms with Gasteiger partial charge < -0.3 is 4.90 Å². The topological polar surface area (TPSA) is 3.24 Å². The zero-order chi connectivity index (χ0) is 38.5. The molecule has 0 aliphatic heterocycles. The Morgan fingerprint density at radius 3 is 1.78 bits per heavy atom. The summed E-state index contributed by atoms with van der Waals surface area (Å²) < 4.78 is 0. The van der Waals surface area contributed by atoms with Crippen LogP contribution < -0.4 is 4.90 Å². The molecule has 58 heavy (non-hydrogen) atoms. The largest absolute Gasteiger partial charge is 0.310 e. The van der Waals surface area contributed by atoms with Crippen LogP contribution in [-0.2, 0) is 18.3 Å². The Bertz CT molecular complexity index is 2890. The Hall–Kier alpha value is -6.96. The van der Waals surface area contributed by atoms with Gasteiger partial charge in [-0.15, -0.1) is 0 Å². The molecule has 11 rings (SSSR count). The van der Waals surface area contributed by atoms with Gasteiger partial charge in [-0.05, 0) is 128 Å². The first-order valence-corrected chi connectivity index (χ1v) is 20.7. The van der Waals surface area contributed by atoms with Crippen molar-refractivity contribution in [2.24, 2.45) is 0 Å². The van der Waals surface area contributed by atoms with E-state index in [4.69, 9.17) is 0 Å².